The summed E-state index contributed by atoms with van der Waals surface area (Å²) in [6, 6.07) is 0. The van der Waals surface area contributed by atoms with Crippen LogP contribution in [0.15, 0.2) is 0 Å². The number of rotatable bonds is 4. The smallest absolute Gasteiger partial charge is 0.0784 e. The Morgan fingerprint density at radius 1 is 1.54 bits per heavy atom. The quantitative estimate of drug-likeness (QED) is 0.708. The molecule has 0 aromatic carbocycles. The fourth-order valence-corrected chi connectivity index (χ4v) is 2.25. The van der Waals surface area contributed by atoms with Crippen LogP contribution in [-0.4, -0.2) is 32.0 Å². The van der Waals surface area contributed by atoms with Gasteiger partial charge in [0.05, 0.1) is 6.10 Å². The fraction of sp³-hybridized carbons (Fsp3) is 1.00. The molecule has 0 aromatic rings. The van der Waals surface area contributed by atoms with Crippen molar-refractivity contribution in [3.63, 3.8) is 0 Å². The average molecular weight is 185 g/mol. The standard InChI is InChI=1S/C10H19NO2/c1-12-6-4-10(11)5-7-13-9(10)8-2-3-8/h8-9H,2-7,11H2,1H3. The minimum atomic E-state index is -0.100. The Morgan fingerprint density at radius 3 is 2.92 bits per heavy atom. The summed E-state index contributed by atoms with van der Waals surface area (Å²) in [6.07, 6.45) is 4.85. The van der Waals surface area contributed by atoms with Gasteiger partial charge in [0.2, 0.25) is 0 Å². The number of hydrogen-bond acceptors (Lipinski definition) is 3. The van der Waals surface area contributed by atoms with Crippen LogP contribution in [0.3, 0.4) is 0 Å². The largest absolute Gasteiger partial charge is 0.385 e. The first-order valence-electron chi connectivity index (χ1n) is 5.16. The van der Waals surface area contributed by atoms with Crippen molar-refractivity contribution in [1.29, 1.82) is 0 Å². The van der Waals surface area contributed by atoms with Crippen molar-refractivity contribution in [3.05, 3.63) is 0 Å². The molecule has 2 unspecified atom stereocenters. The van der Waals surface area contributed by atoms with Gasteiger partial charge in [0.15, 0.2) is 0 Å². The van der Waals surface area contributed by atoms with Crippen molar-refractivity contribution < 1.29 is 9.47 Å². The maximum atomic E-state index is 6.33. The highest BCUT2D eigenvalue weighted by molar-refractivity contribution is 5.03. The Bertz CT molecular complexity index is 182. The van der Waals surface area contributed by atoms with Gasteiger partial charge < -0.3 is 15.2 Å². The van der Waals surface area contributed by atoms with Gasteiger partial charge in [-0.2, -0.15) is 0 Å². The van der Waals surface area contributed by atoms with Crippen LogP contribution in [0.25, 0.3) is 0 Å². The maximum absolute atomic E-state index is 6.33. The summed E-state index contributed by atoms with van der Waals surface area (Å²) in [5.74, 6) is 0.740. The zero-order valence-corrected chi connectivity index (χ0v) is 8.29. The molecule has 2 N–H and O–H groups in total. The van der Waals surface area contributed by atoms with Gasteiger partial charge in [-0.1, -0.05) is 0 Å². The highest BCUT2D eigenvalue weighted by Gasteiger charge is 2.48. The van der Waals surface area contributed by atoms with E-state index < -0.39 is 0 Å². The van der Waals surface area contributed by atoms with Gasteiger partial charge in [0.25, 0.3) is 0 Å². The molecular formula is C10H19NO2. The lowest BCUT2D eigenvalue weighted by Gasteiger charge is -2.29. The van der Waals surface area contributed by atoms with Crippen LogP contribution in [0.1, 0.15) is 25.7 Å². The summed E-state index contributed by atoms with van der Waals surface area (Å²) in [4.78, 5) is 0. The van der Waals surface area contributed by atoms with E-state index in [4.69, 9.17) is 15.2 Å². The van der Waals surface area contributed by atoms with Crippen molar-refractivity contribution in [2.75, 3.05) is 20.3 Å². The minimum absolute atomic E-state index is 0.100. The lowest BCUT2D eigenvalue weighted by molar-refractivity contribution is 0.0506. The third-order valence-electron chi connectivity index (χ3n) is 3.25. The summed E-state index contributed by atoms with van der Waals surface area (Å²) < 4.78 is 10.8. The van der Waals surface area contributed by atoms with Crippen LogP contribution in [0, 0.1) is 5.92 Å². The lowest BCUT2D eigenvalue weighted by Crippen LogP contribution is -2.49. The minimum Gasteiger partial charge on any atom is -0.385 e. The van der Waals surface area contributed by atoms with Crippen LogP contribution >= 0.6 is 0 Å². The lowest BCUT2D eigenvalue weighted by atomic mass is 9.86. The predicted octanol–water partition coefficient (Wildman–Crippen LogP) is 0.919. The monoisotopic (exact) mass is 185 g/mol. The molecule has 2 atom stereocenters. The zero-order valence-electron chi connectivity index (χ0n) is 8.29. The number of nitrogens with two attached hydrogens (primary N) is 1. The summed E-state index contributed by atoms with van der Waals surface area (Å²) in [6.45, 7) is 1.59. The first-order valence-corrected chi connectivity index (χ1v) is 5.16. The first kappa shape index (κ1) is 9.44. The second-order valence-electron chi connectivity index (χ2n) is 4.35. The van der Waals surface area contributed by atoms with Gasteiger partial charge in [0, 0.05) is 25.9 Å². The second-order valence-corrected chi connectivity index (χ2v) is 4.35. The molecule has 3 nitrogen and oxygen atoms in total. The highest BCUT2D eigenvalue weighted by Crippen LogP contribution is 2.43. The van der Waals surface area contributed by atoms with E-state index in [1.54, 1.807) is 7.11 Å². The van der Waals surface area contributed by atoms with E-state index in [0.29, 0.717) is 6.10 Å². The maximum Gasteiger partial charge on any atom is 0.0784 e. The Balaban J connectivity index is 1.93. The van der Waals surface area contributed by atoms with Crippen molar-refractivity contribution in [1.82, 2.24) is 0 Å². The van der Waals surface area contributed by atoms with Crippen molar-refractivity contribution >= 4 is 0 Å². The molecule has 13 heavy (non-hydrogen) atoms. The summed E-state index contributed by atoms with van der Waals surface area (Å²) in [5, 5.41) is 0. The molecule has 0 radical (unpaired) electrons. The Hall–Kier alpha value is -0.120. The average Bonchev–Trinajstić information content (AvgIpc) is 2.88. The zero-order chi connectivity index (χ0) is 9.31. The highest BCUT2D eigenvalue weighted by atomic mass is 16.5. The molecule has 1 aliphatic heterocycles. The van der Waals surface area contributed by atoms with Crippen LogP contribution in [0.5, 0.6) is 0 Å². The normalized spacial score (nSPS) is 39.7. The molecule has 2 rings (SSSR count). The first-order chi connectivity index (χ1) is 6.26. The molecule has 0 aromatic heterocycles. The Labute approximate surface area is 79.6 Å². The molecule has 0 amide bonds. The van der Waals surface area contributed by atoms with Crippen molar-refractivity contribution in [3.8, 4) is 0 Å². The summed E-state index contributed by atoms with van der Waals surface area (Å²) in [5.41, 5.74) is 6.23. The Morgan fingerprint density at radius 2 is 2.31 bits per heavy atom. The van der Waals surface area contributed by atoms with E-state index in [2.05, 4.69) is 0 Å². The number of ether oxygens (including phenoxy) is 2. The van der Waals surface area contributed by atoms with Gasteiger partial charge in [-0.25, -0.2) is 0 Å². The van der Waals surface area contributed by atoms with Gasteiger partial charge in [-0.3, -0.25) is 0 Å². The van der Waals surface area contributed by atoms with E-state index in [1.807, 2.05) is 0 Å². The van der Waals surface area contributed by atoms with Gasteiger partial charge in [-0.05, 0) is 31.6 Å². The van der Waals surface area contributed by atoms with Crippen LogP contribution < -0.4 is 5.73 Å². The molecule has 3 heteroatoms. The van der Waals surface area contributed by atoms with E-state index in [1.165, 1.54) is 12.8 Å². The van der Waals surface area contributed by atoms with Crippen LogP contribution in [0.4, 0.5) is 0 Å². The second kappa shape index (κ2) is 3.56. The van der Waals surface area contributed by atoms with Crippen molar-refractivity contribution in [2.45, 2.75) is 37.3 Å². The summed E-state index contributed by atoms with van der Waals surface area (Å²) in [7, 11) is 1.73. The van der Waals surface area contributed by atoms with E-state index in [-0.39, 0.29) is 5.54 Å². The fourth-order valence-electron chi connectivity index (χ4n) is 2.25. The number of hydrogen-bond donors (Lipinski definition) is 1. The van der Waals surface area contributed by atoms with E-state index >= 15 is 0 Å². The molecule has 0 bridgehead atoms. The molecule has 2 aliphatic rings. The summed E-state index contributed by atoms with van der Waals surface area (Å²) >= 11 is 0. The van der Waals surface area contributed by atoms with E-state index in [9.17, 15) is 0 Å². The SMILES string of the molecule is COCCC1(N)CCOC1C1CC1. The van der Waals surface area contributed by atoms with Gasteiger partial charge in [-0.15, -0.1) is 0 Å². The molecule has 76 valence electrons. The Kier molecular flexibility index (Phi) is 2.58. The molecular weight excluding hydrogens is 166 g/mol. The van der Waals surface area contributed by atoms with Gasteiger partial charge in [0.1, 0.15) is 0 Å². The number of methoxy groups -OCH3 is 1. The van der Waals surface area contributed by atoms with E-state index in [0.717, 1.165) is 32.0 Å². The molecule has 1 aliphatic carbocycles. The third kappa shape index (κ3) is 1.87. The van der Waals surface area contributed by atoms with Gasteiger partial charge >= 0.3 is 0 Å². The molecule has 0 spiro atoms. The molecule has 1 saturated heterocycles. The third-order valence-corrected chi connectivity index (χ3v) is 3.25. The molecule has 1 heterocycles. The molecule has 1 saturated carbocycles. The van der Waals surface area contributed by atoms with Crippen LogP contribution in [-0.2, 0) is 9.47 Å². The van der Waals surface area contributed by atoms with Crippen molar-refractivity contribution in [2.24, 2.45) is 11.7 Å². The topological polar surface area (TPSA) is 44.5 Å². The molecule has 2 fully saturated rings. The van der Waals surface area contributed by atoms with Crippen LogP contribution in [0.2, 0.25) is 0 Å². The predicted molar refractivity (Wildman–Crippen MR) is 50.5 cm³/mol.